The fraction of sp³-hybridized carbons (Fsp3) is 0.417. The number of rotatable bonds is 8. The predicted molar refractivity (Wildman–Crippen MR) is 76.0 cm³/mol. The summed E-state index contributed by atoms with van der Waals surface area (Å²) in [6.45, 7) is 0.254. The van der Waals surface area contributed by atoms with Gasteiger partial charge in [0.2, 0.25) is 0 Å². The average molecular weight is 339 g/mol. The summed E-state index contributed by atoms with van der Waals surface area (Å²) in [7, 11) is -3.85. The van der Waals surface area contributed by atoms with Crippen LogP contribution < -0.4 is 45.1 Å². The van der Waals surface area contributed by atoms with E-state index in [1.807, 2.05) is 6.07 Å². The van der Waals surface area contributed by atoms with Crippen LogP contribution in [-0.2, 0) is 9.36 Å². The number of hydrogen-bond donors (Lipinski definition) is 4. The maximum atomic E-state index is 11.6. The Morgan fingerprint density at radius 3 is 2.55 bits per heavy atom. The third-order valence-electron chi connectivity index (χ3n) is 2.64. The molecule has 118 valence electrons. The fourth-order valence-corrected chi connectivity index (χ4v) is 1.84. The SMILES string of the molecule is CP(=O)([O-])C(O)CNCN(O)C(=O)CNc1ccccc1.[Na+]. The summed E-state index contributed by atoms with van der Waals surface area (Å²) in [5.74, 6) is -2.15. The summed E-state index contributed by atoms with van der Waals surface area (Å²) in [6.07, 6.45) is 0. The average Bonchev–Trinajstić information content (AvgIpc) is 2.44. The van der Waals surface area contributed by atoms with E-state index < -0.39 is 19.1 Å². The van der Waals surface area contributed by atoms with Gasteiger partial charge in [-0.2, -0.15) is 0 Å². The van der Waals surface area contributed by atoms with Gasteiger partial charge in [0, 0.05) is 19.6 Å². The Balaban J connectivity index is 0.00000441. The summed E-state index contributed by atoms with van der Waals surface area (Å²) in [6, 6.07) is 8.99. The van der Waals surface area contributed by atoms with Gasteiger partial charge in [-0.15, -0.1) is 0 Å². The molecule has 2 atom stereocenters. The molecule has 22 heavy (non-hydrogen) atoms. The van der Waals surface area contributed by atoms with E-state index in [0.29, 0.717) is 5.06 Å². The molecule has 0 heterocycles. The van der Waals surface area contributed by atoms with Crippen molar-refractivity contribution in [1.29, 1.82) is 0 Å². The van der Waals surface area contributed by atoms with Crippen molar-refractivity contribution < 1.29 is 54.1 Å². The van der Waals surface area contributed by atoms with Crippen molar-refractivity contribution in [3.8, 4) is 0 Å². The molecule has 0 aliphatic rings. The largest absolute Gasteiger partial charge is 1.00 e. The van der Waals surface area contributed by atoms with E-state index in [0.717, 1.165) is 12.4 Å². The molecule has 0 fully saturated rings. The molecule has 1 amide bonds. The number of anilines is 1. The maximum absolute atomic E-state index is 11.6. The number of hydroxylamine groups is 2. The third kappa shape index (κ3) is 8.26. The first-order valence-corrected chi connectivity index (χ1v) is 8.40. The van der Waals surface area contributed by atoms with Crippen LogP contribution in [0.5, 0.6) is 0 Å². The molecule has 1 aromatic carbocycles. The molecule has 0 aromatic heterocycles. The fourth-order valence-electron chi connectivity index (χ4n) is 1.38. The van der Waals surface area contributed by atoms with Crippen LogP contribution >= 0.6 is 7.37 Å². The van der Waals surface area contributed by atoms with Crippen molar-refractivity contribution in [2.75, 3.05) is 31.7 Å². The molecule has 0 saturated heterocycles. The van der Waals surface area contributed by atoms with E-state index in [1.165, 1.54) is 0 Å². The van der Waals surface area contributed by atoms with Crippen LogP contribution in [0, 0.1) is 0 Å². The van der Waals surface area contributed by atoms with Crippen LogP contribution in [0.2, 0.25) is 0 Å². The Kier molecular flexibility index (Phi) is 10.1. The minimum atomic E-state index is -3.85. The van der Waals surface area contributed by atoms with Crippen molar-refractivity contribution in [1.82, 2.24) is 10.4 Å². The second kappa shape index (κ2) is 10.4. The van der Waals surface area contributed by atoms with E-state index in [9.17, 15) is 24.6 Å². The van der Waals surface area contributed by atoms with Crippen LogP contribution in [0.1, 0.15) is 0 Å². The molecule has 2 unspecified atom stereocenters. The number of nitrogens with one attached hydrogen (secondary N) is 2. The van der Waals surface area contributed by atoms with E-state index in [4.69, 9.17) is 0 Å². The number of carbonyl (C=O) groups is 1. The van der Waals surface area contributed by atoms with Crippen molar-refractivity contribution in [2.24, 2.45) is 0 Å². The first-order chi connectivity index (χ1) is 9.80. The molecular formula is C12H19N3NaO5P. The Hall–Kier alpha value is -0.440. The minimum absolute atomic E-state index is 0. The summed E-state index contributed by atoms with van der Waals surface area (Å²) < 4.78 is 11.0. The quantitative estimate of drug-likeness (QED) is 0.127. The topological polar surface area (TPSA) is 125 Å². The van der Waals surface area contributed by atoms with Crippen LogP contribution in [0.15, 0.2) is 30.3 Å². The zero-order chi connectivity index (χ0) is 15.9. The number of para-hydroxylation sites is 1. The van der Waals surface area contributed by atoms with Gasteiger partial charge in [-0.05, 0) is 18.8 Å². The summed E-state index contributed by atoms with van der Waals surface area (Å²) in [5, 5.41) is 24.4. The van der Waals surface area contributed by atoms with Gasteiger partial charge >= 0.3 is 29.6 Å². The summed E-state index contributed by atoms with van der Waals surface area (Å²) >= 11 is 0. The first kappa shape index (κ1) is 21.6. The Morgan fingerprint density at radius 1 is 1.41 bits per heavy atom. The number of amides is 1. The van der Waals surface area contributed by atoms with Gasteiger partial charge in [-0.25, -0.2) is 5.06 Å². The van der Waals surface area contributed by atoms with Gasteiger partial charge in [-0.1, -0.05) is 18.2 Å². The van der Waals surface area contributed by atoms with E-state index in [1.54, 1.807) is 24.3 Å². The number of aliphatic hydroxyl groups excluding tert-OH is 1. The monoisotopic (exact) mass is 339 g/mol. The van der Waals surface area contributed by atoms with Crippen molar-refractivity contribution in [3.05, 3.63) is 30.3 Å². The number of benzene rings is 1. The molecule has 1 aromatic rings. The number of carbonyl (C=O) groups excluding carboxylic acids is 1. The molecule has 0 radical (unpaired) electrons. The smallest absolute Gasteiger partial charge is 0.798 e. The molecule has 8 nitrogen and oxygen atoms in total. The first-order valence-electron chi connectivity index (χ1n) is 6.26. The molecule has 1 rings (SSSR count). The Bertz CT molecular complexity index is 499. The number of nitrogens with zero attached hydrogens (tertiary/aromatic N) is 1. The summed E-state index contributed by atoms with van der Waals surface area (Å²) in [4.78, 5) is 22.6. The second-order valence-electron chi connectivity index (χ2n) is 4.51. The third-order valence-corrected chi connectivity index (χ3v) is 3.90. The zero-order valence-corrected chi connectivity index (χ0v) is 15.5. The molecule has 0 bridgehead atoms. The molecule has 10 heteroatoms. The second-order valence-corrected chi connectivity index (χ2v) is 6.93. The molecule has 0 spiro atoms. The number of hydrogen-bond acceptors (Lipinski definition) is 7. The molecule has 0 aliphatic carbocycles. The maximum Gasteiger partial charge on any atom is 1.00 e. The predicted octanol–water partition coefficient (Wildman–Crippen LogP) is -3.55. The minimum Gasteiger partial charge on any atom is -0.798 e. The van der Waals surface area contributed by atoms with Gasteiger partial charge in [0.05, 0.1) is 13.2 Å². The van der Waals surface area contributed by atoms with Gasteiger partial charge in [0.15, 0.2) is 0 Å². The Morgan fingerprint density at radius 2 is 2.00 bits per heavy atom. The van der Waals surface area contributed by atoms with Crippen LogP contribution in [0.25, 0.3) is 0 Å². The van der Waals surface area contributed by atoms with Crippen LogP contribution in [0.4, 0.5) is 5.69 Å². The van der Waals surface area contributed by atoms with E-state index >= 15 is 0 Å². The summed E-state index contributed by atoms with van der Waals surface area (Å²) in [5.41, 5.74) is 0.737. The van der Waals surface area contributed by atoms with Gasteiger partial charge in [0.1, 0.15) is 5.85 Å². The van der Waals surface area contributed by atoms with Crippen molar-refractivity contribution >= 4 is 19.0 Å². The van der Waals surface area contributed by atoms with E-state index in [2.05, 4.69) is 10.6 Å². The van der Waals surface area contributed by atoms with Crippen molar-refractivity contribution in [3.63, 3.8) is 0 Å². The molecule has 0 saturated carbocycles. The normalized spacial score (nSPS) is 14.4. The van der Waals surface area contributed by atoms with Crippen LogP contribution in [0.3, 0.4) is 0 Å². The van der Waals surface area contributed by atoms with E-state index in [-0.39, 0.29) is 49.3 Å². The van der Waals surface area contributed by atoms with Gasteiger partial charge in [0.25, 0.3) is 5.91 Å². The molecule has 4 N–H and O–H groups in total. The molecular weight excluding hydrogens is 320 g/mol. The zero-order valence-electron chi connectivity index (χ0n) is 12.6. The van der Waals surface area contributed by atoms with Gasteiger partial charge in [-0.3, -0.25) is 15.3 Å². The van der Waals surface area contributed by atoms with Gasteiger partial charge < -0.3 is 19.9 Å². The Labute approximate surface area is 151 Å². The number of aliphatic hydroxyl groups is 1. The standard InChI is InChI=1S/C12H20N3O5P.Na/c1-21(19,20)12(17)8-13-9-15(18)11(16)7-14-10-5-3-2-4-6-10;/h2-6,12-14,17-18H,7-9H2,1H3,(H,19,20);/q;+1/p-1. The van der Waals surface area contributed by atoms with Crippen molar-refractivity contribution in [2.45, 2.75) is 5.85 Å². The van der Waals surface area contributed by atoms with Crippen LogP contribution in [-0.4, -0.2) is 53.6 Å². The molecule has 0 aliphatic heterocycles.